The Morgan fingerprint density at radius 2 is 1.10 bits per heavy atom. The fourth-order valence-electron chi connectivity index (χ4n) is 9.21. The van der Waals surface area contributed by atoms with Gasteiger partial charge in [-0.25, -0.2) is 14.4 Å². The van der Waals surface area contributed by atoms with Crippen molar-refractivity contribution < 1.29 is 100.0 Å². The van der Waals surface area contributed by atoms with Gasteiger partial charge in [0.05, 0.1) is 30.3 Å². The smallest absolute Gasteiger partial charge is 0.408 e. The molecule has 5 N–H and O–H groups in total. The van der Waals surface area contributed by atoms with Gasteiger partial charge >= 0.3 is 48.1 Å². The molecule has 2 aliphatic heterocycles. The summed E-state index contributed by atoms with van der Waals surface area (Å²) in [4.78, 5) is 120. The monoisotopic (exact) mass is 1150 g/mol. The summed E-state index contributed by atoms with van der Waals surface area (Å²) in [6.45, 7) is 21.8. The average molecular weight is 1150 g/mol. The van der Waals surface area contributed by atoms with Gasteiger partial charge in [-0.1, -0.05) is 43.7 Å². The molecular weight excluding hydrogens is 1070 g/mol. The Labute approximate surface area is 473 Å². The molecule has 2 heterocycles. The number of alkyl carbamates (subject to hydrolysis) is 3. The lowest BCUT2D eigenvalue weighted by Gasteiger charge is -2.51. The van der Waals surface area contributed by atoms with E-state index in [1.165, 1.54) is 0 Å². The third kappa shape index (κ3) is 23.2. The highest BCUT2D eigenvalue weighted by Crippen LogP contribution is 2.36. The lowest BCUT2D eigenvalue weighted by Crippen LogP contribution is -2.71. The lowest BCUT2D eigenvalue weighted by atomic mass is 9.82. The number of amides is 4. The highest BCUT2D eigenvalue weighted by atomic mass is 16.7. The van der Waals surface area contributed by atoms with Crippen LogP contribution in [-0.2, 0) is 92.2 Å². The number of hydrogen-bond acceptors (Lipinski definition) is 22. The SMILES string of the molecule is CCC[C@H](OC(C)=O)C(=O)N[C@@H]1C[C@H](NC(=O)OC(C)(C)C)C(O[C@@H]2O[C@H](CNC(=O)OC(C)(C)C)CCC2NC(=O)OC(C)(C)C)C(OC(C)=O)[C@@H]1O[C@@H]1OC(COC(C)=O)[C@H](OC(C)=O)[C@H](NCc2ccccc2)C1OC(C)=O. The molecule has 1 aromatic rings. The quantitative estimate of drug-likeness (QED) is 0.0839. The molecule has 26 heteroatoms. The van der Waals surface area contributed by atoms with Gasteiger partial charge in [0.15, 0.2) is 37.0 Å². The van der Waals surface area contributed by atoms with E-state index in [0.717, 1.165) is 40.2 Å². The van der Waals surface area contributed by atoms with Crippen molar-refractivity contribution in [3.63, 3.8) is 0 Å². The number of nitrogens with one attached hydrogen (secondary N) is 5. The van der Waals surface area contributed by atoms with Gasteiger partial charge in [0, 0.05) is 47.7 Å². The van der Waals surface area contributed by atoms with E-state index >= 15 is 0 Å². The molecule has 14 atom stereocenters. The van der Waals surface area contributed by atoms with Crippen LogP contribution in [0.25, 0.3) is 0 Å². The summed E-state index contributed by atoms with van der Waals surface area (Å²) in [6.07, 6.45) is -16.9. The maximum atomic E-state index is 14.5. The van der Waals surface area contributed by atoms with E-state index in [4.69, 9.17) is 56.8 Å². The molecule has 456 valence electrons. The van der Waals surface area contributed by atoms with Gasteiger partial charge in [-0.15, -0.1) is 0 Å². The Hall–Kier alpha value is -6.35. The Kier molecular flexibility index (Phi) is 25.0. The van der Waals surface area contributed by atoms with Crippen molar-refractivity contribution >= 4 is 54.0 Å². The maximum absolute atomic E-state index is 14.5. The highest BCUT2D eigenvalue weighted by Gasteiger charge is 2.57. The first kappa shape index (κ1) is 67.2. The predicted molar refractivity (Wildman–Crippen MR) is 284 cm³/mol. The zero-order valence-corrected chi connectivity index (χ0v) is 49.2. The van der Waals surface area contributed by atoms with Crippen LogP contribution in [0.5, 0.6) is 0 Å². The molecule has 4 amide bonds. The van der Waals surface area contributed by atoms with Crippen LogP contribution in [0.1, 0.15) is 142 Å². The first-order chi connectivity index (χ1) is 37.7. The Morgan fingerprint density at radius 3 is 1.63 bits per heavy atom. The third-order valence-corrected chi connectivity index (χ3v) is 12.1. The molecule has 5 unspecified atom stereocenters. The minimum absolute atomic E-state index is 0.0573. The minimum atomic E-state index is -1.79. The van der Waals surface area contributed by atoms with Crippen molar-refractivity contribution in [1.29, 1.82) is 0 Å². The molecule has 0 bridgehead atoms. The second-order valence-electron chi connectivity index (χ2n) is 23.0. The van der Waals surface area contributed by atoms with Gasteiger partial charge in [-0.3, -0.25) is 28.8 Å². The van der Waals surface area contributed by atoms with Crippen LogP contribution < -0.4 is 26.6 Å². The highest BCUT2D eigenvalue weighted by molar-refractivity contribution is 5.83. The first-order valence-electron chi connectivity index (χ1n) is 27.2. The number of ether oxygens (including phenoxy) is 12. The Balaban J connectivity index is 2.00. The van der Waals surface area contributed by atoms with E-state index in [9.17, 15) is 43.2 Å². The molecule has 3 fully saturated rings. The van der Waals surface area contributed by atoms with Crippen LogP contribution in [0.15, 0.2) is 30.3 Å². The molecule has 1 aliphatic carbocycles. The van der Waals surface area contributed by atoms with Crippen LogP contribution in [0, 0.1) is 0 Å². The van der Waals surface area contributed by atoms with Gasteiger partial charge in [-0.2, -0.15) is 0 Å². The molecule has 3 aliphatic rings. The van der Waals surface area contributed by atoms with E-state index in [1.54, 1.807) is 87.4 Å². The number of carbonyl (C=O) groups excluding carboxylic acids is 9. The molecule has 0 spiro atoms. The fourth-order valence-corrected chi connectivity index (χ4v) is 9.21. The van der Waals surface area contributed by atoms with Crippen molar-refractivity contribution in [2.45, 2.75) is 245 Å². The normalized spacial score (nSPS) is 27.1. The molecule has 2 saturated heterocycles. The van der Waals surface area contributed by atoms with Gasteiger partial charge < -0.3 is 83.4 Å². The summed E-state index contributed by atoms with van der Waals surface area (Å²) in [5.41, 5.74) is -2.10. The van der Waals surface area contributed by atoms with Crippen molar-refractivity contribution in [2.75, 3.05) is 13.2 Å². The summed E-state index contributed by atoms with van der Waals surface area (Å²) in [7, 11) is 0. The second-order valence-corrected chi connectivity index (χ2v) is 23.0. The summed E-state index contributed by atoms with van der Waals surface area (Å²) >= 11 is 0. The van der Waals surface area contributed by atoms with Crippen LogP contribution in [0.2, 0.25) is 0 Å². The van der Waals surface area contributed by atoms with E-state index in [-0.39, 0.29) is 38.8 Å². The number of hydrogen-bond donors (Lipinski definition) is 5. The molecule has 4 rings (SSSR count). The Bertz CT molecular complexity index is 2300. The van der Waals surface area contributed by atoms with Gasteiger partial charge in [0.25, 0.3) is 5.91 Å². The van der Waals surface area contributed by atoms with Gasteiger partial charge in [0.2, 0.25) is 0 Å². The largest absolute Gasteiger partial charge is 0.463 e. The number of esters is 5. The Morgan fingerprint density at radius 1 is 0.580 bits per heavy atom. The third-order valence-electron chi connectivity index (χ3n) is 12.1. The molecule has 0 aromatic heterocycles. The average Bonchev–Trinajstić information content (AvgIpc) is 3.53. The summed E-state index contributed by atoms with van der Waals surface area (Å²) in [5, 5.41) is 14.5. The van der Waals surface area contributed by atoms with E-state index in [0.29, 0.717) is 6.42 Å². The topological polar surface area (TPSA) is 325 Å². The summed E-state index contributed by atoms with van der Waals surface area (Å²) < 4.78 is 72.6. The van der Waals surface area contributed by atoms with Crippen LogP contribution >= 0.6 is 0 Å². The molecule has 26 nitrogen and oxygen atoms in total. The summed E-state index contributed by atoms with van der Waals surface area (Å²) in [5.74, 6) is -4.90. The molecule has 81 heavy (non-hydrogen) atoms. The number of carbonyl (C=O) groups is 9. The number of rotatable bonds is 21. The van der Waals surface area contributed by atoms with Crippen LogP contribution in [0.3, 0.4) is 0 Å². The summed E-state index contributed by atoms with van der Waals surface area (Å²) in [6, 6.07) is 4.05. The zero-order valence-electron chi connectivity index (χ0n) is 49.2. The van der Waals surface area contributed by atoms with Crippen molar-refractivity contribution in [2.24, 2.45) is 0 Å². The standard InChI is InChI=1S/C55H85N5O21/c1-16-20-39(71-30(3)62)47(66)58-37-25-38(60-52(69)81-55(13,14)15)43(77-48-36(59-51(68)80-54(10,11)12)24-23-35(75-48)27-57-50(67)79-53(7,8)9)46(74-33(6)65)42(37)78-49-45(73-32(5)64)41(56-26-34-21-18-17-19-22-34)44(72-31(4)63)40(76-49)28-70-29(2)61/h17-19,21-22,35-46,48-49,56H,16,20,23-28H2,1-15H3,(H,57,67)(H,58,66)(H,59,68)(H,60,69)/t35-,36?,37+,38-,39-,40?,41-,42+,43?,44-,45?,46?,48-,49-/m0/s1. The second kappa shape index (κ2) is 30.1. The molecular formula is C55H85N5O21. The van der Waals surface area contributed by atoms with Crippen molar-refractivity contribution in [3.05, 3.63) is 35.9 Å². The fraction of sp³-hybridized carbons (Fsp3) is 0.727. The maximum Gasteiger partial charge on any atom is 0.408 e. The molecule has 1 saturated carbocycles. The predicted octanol–water partition coefficient (Wildman–Crippen LogP) is 4.44. The van der Waals surface area contributed by atoms with Crippen LogP contribution in [-0.4, -0.2) is 170 Å². The van der Waals surface area contributed by atoms with Crippen LogP contribution in [0.4, 0.5) is 14.4 Å². The molecule has 1 aromatic carbocycles. The molecule has 0 radical (unpaired) electrons. The zero-order chi connectivity index (χ0) is 60.6. The number of benzene rings is 1. The van der Waals surface area contributed by atoms with E-state index in [2.05, 4.69) is 26.6 Å². The van der Waals surface area contributed by atoms with Gasteiger partial charge in [0.1, 0.15) is 41.7 Å². The van der Waals surface area contributed by atoms with Gasteiger partial charge in [-0.05, 0) is 93.6 Å². The van der Waals surface area contributed by atoms with Crippen molar-refractivity contribution in [1.82, 2.24) is 26.6 Å². The van der Waals surface area contributed by atoms with Crippen molar-refractivity contribution in [3.8, 4) is 0 Å². The van der Waals surface area contributed by atoms with E-state index < -0.39 is 163 Å². The first-order valence-corrected chi connectivity index (χ1v) is 27.2. The van der Waals surface area contributed by atoms with E-state index in [1.807, 2.05) is 12.1 Å². The lowest BCUT2D eigenvalue weighted by molar-refractivity contribution is -0.320. The minimum Gasteiger partial charge on any atom is -0.463 e.